The number of aryl methyl sites for hydroxylation is 1. The van der Waals surface area contributed by atoms with Crippen LogP contribution >= 0.6 is 0 Å². The number of rotatable bonds is 5. The molecule has 0 unspecified atom stereocenters. The predicted octanol–water partition coefficient (Wildman–Crippen LogP) is 1.56. The van der Waals surface area contributed by atoms with Gasteiger partial charge in [0.1, 0.15) is 5.75 Å². The molecule has 1 aliphatic heterocycles. The van der Waals surface area contributed by atoms with Gasteiger partial charge in [-0.15, -0.1) is 0 Å². The van der Waals surface area contributed by atoms with Crippen LogP contribution in [0.3, 0.4) is 0 Å². The lowest BCUT2D eigenvalue weighted by molar-refractivity contribution is 0.243. The third-order valence-electron chi connectivity index (χ3n) is 3.68. The first-order chi connectivity index (χ1) is 9.24. The van der Waals surface area contributed by atoms with E-state index in [1.54, 1.807) is 7.11 Å². The van der Waals surface area contributed by atoms with Crippen molar-refractivity contribution in [3.05, 3.63) is 23.8 Å². The Bertz CT molecular complexity index is 402. The van der Waals surface area contributed by atoms with E-state index >= 15 is 0 Å². The first-order valence-electron chi connectivity index (χ1n) is 7.05. The second-order valence-electron chi connectivity index (χ2n) is 5.07. The fourth-order valence-corrected chi connectivity index (χ4v) is 2.48. The van der Waals surface area contributed by atoms with E-state index in [9.17, 15) is 0 Å². The molecule has 0 saturated carbocycles. The van der Waals surface area contributed by atoms with E-state index in [1.807, 2.05) is 0 Å². The van der Waals surface area contributed by atoms with Crippen LogP contribution in [0.15, 0.2) is 18.2 Å². The summed E-state index contributed by atoms with van der Waals surface area (Å²) in [6.07, 6.45) is 1.05. The number of nitrogens with one attached hydrogen (secondary N) is 1. The summed E-state index contributed by atoms with van der Waals surface area (Å²) in [5, 5.41) is 3.38. The van der Waals surface area contributed by atoms with Crippen molar-refractivity contribution in [1.29, 1.82) is 0 Å². The van der Waals surface area contributed by atoms with Gasteiger partial charge in [-0.1, -0.05) is 13.0 Å². The summed E-state index contributed by atoms with van der Waals surface area (Å²) >= 11 is 0. The molecular weight excluding hydrogens is 238 g/mol. The van der Waals surface area contributed by atoms with Gasteiger partial charge in [0.25, 0.3) is 0 Å². The number of piperazine rings is 1. The van der Waals surface area contributed by atoms with Crippen molar-refractivity contribution >= 4 is 5.69 Å². The SMILES string of the molecule is CCc1ccc(OC)c(N(C)CN2CCNCC2)c1. The van der Waals surface area contributed by atoms with Gasteiger partial charge in [0.15, 0.2) is 0 Å². The highest BCUT2D eigenvalue weighted by atomic mass is 16.5. The second-order valence-corrected chi connectivity index (χ2v) is 5.07. The molecule has 4 nitrogen and oxygen atoms in total. The highest BCUT2D eigenvalue weighted by molar-refractivity contribution is 5.59. The molecule has 2 rings (SSSR count). The van der Waals surface area contributed by atoms with Crippen LogP contribution in [0, 0.1) is 0 Å². The fraction of sp³-hybridized carbons (Fsp3) is 0.600. The summed E-state index contributed by atoms with van der Waals surface area (Å²) in [4.78, 5) is 4.75. The number of methoxy groups -OCH3 is 1. The van der Waals surface area contributed by atoms with Crippen molar-refractivity contribution in [2.24, 2.45) is 0 Å². The standard InChI is InChI=1S/C15H25N3O/c1-4-13-5-6-15(19-3)14(11-13)17(2)12-18-9-7-16-8-10-18/h5-6,11,16H,4,7-10,12H2,1-3H3. The Labute approximate surface area is 116 Å². The molecule has 1 aromatic rings. The normalized spacial score (nSPS) is 16.4. The Balaban J connectivity index is 2.09. The molecule has 0 atom stereocenters. The van der Waals surface area contributed by atoms with Crippen molar-refractivity contribution in [3.63, 3.8) is 0 Å². The molecule has 0 aromatic heterocycles. The van der Waals surface area contributed by atoms with E-state index in [1.165, 1.54) is 11.3 Å². The zero-order valence-electron chi connectivity index (χ0n) is 12.3. The van der Waals surface area contributed by atoms with Crippen molar-refractivity contribution in [1.82, 2.24) is 10.2 Å². The molecule has 1 saturated heterocycles. The number of hydrogen-bond donors (Lipinski definition) is 1. The molecule has 19 heavy (non-hydrogen) atoms. The Hall–Kier alpha value is -1.26. The van der Waals surface area contributed by atoms with Crippen LogP contribution < -0.4 is 15.0 Å². The van der Waals surface area contributed by atoms with E-state index in [0.29, 0.717) is 0 Å². The minimum atomic E-state index is 0.950. The Morgan fingerprint density at radius 1 is 1.32 bits per heavy atom. The number of nitrogens with zero attached hydrogens (tertiary/aromatic N) is 2. The minimum Gasteiger partial charge on any atom is -0.495 e. The Kier molecular flexibility index (Phi) is 5.05. The topological polar surface area (TPSA) is 27.7 Å². The minimum absolute atomic E-state index is 0.950. The third kappa shape index (κ3) is 3.61. The van der Waals surface area contributed by atoms with Crippen LogP contribution in [0.4, 0.5) is 5.69 Å². The van der Waals surface area contributed by atoms with Gasteiger partial charge >= 0.3 is 0 Å². The number of ether oxygens (including phenoxy) is 1. The summed E-state index contributed by atoms with van der Waals surface area (Å²) < 4.78 is 5.48. The van der Waals surface area contributed by atoms with Crippen molar-refractivity contribution < 1.29 is 4.74 Å². The zero-order valence-corrected chi connectivity index (χ0v) is 12.3. The first kappa shape index (κ1) is 14.2. The van der Waals surface area contributed by atoms with Crippen molar-refractivity contribution in [3.8, 4) is 5.75 Å². The van der Waals surface area contributed by atoms with Gasteiger partial charge in [0.2, 0.25) is 0 Å². The van der Waals surface area contributed by atoms with E-state index in [0.717, 1.165) is 45.0 Å². The Morgan fingerprint density at radius 2 is 2.05 bits per heavy atom. The van der Waals surface area contributed by atoms with Crippen LogP contribution in [-0.4, -0.2) is 51.9 Å². The maximum Gasteiger partial charge on any atom is 0.142 e. The van der Waals surface area contributed by atoms with Crippen molar-refractivity contribution in [2.45, 2.75) is 13.3 Å². The zero-order chi connectivity index (χ0) is 13.7. The summed E-state index contributed by atoms with van der Waals surface area (Å²) in [5.41, 5.74) is 2.53. The smallest absolute Gasteiger partial charge is 0.142 e. The van der Waals surface area contributed by atoms with Gasteiger partial charge in [0.05, 0.1) is 19.5 Å². The van der Waals surface area contributed by atoms with Gasteiger partial charge in [-0.25, -0.2) is 0 Å². The average molecular weight is 263 g/mol. The lowest BCUT2D eigenvalue weighted by Gasteiger charge is -2.33. The maximum absolute atomic E-state index is 5.48. The largest absolute Gasteiger partial charge is 0.495 e. The molecule has 0 bridgehead atoms. The maximum atomic E-state index is 5.48. The highest BCUT2D eigenvalue weighted by Gasteiger charge is 2.14. The molecule has 1 aliphatic rings. The molecule has 0 spiro atoms. The number of benzene rings is 1. The van der Waals surface area contributed by atoms with E-state index in [4.69, 9.17) is 4.74 Å². The van der Waals surface area contributed by atoms with Gasteiger partial charge < -0.3 is 15.0 Å². The third-order valence-corrected chi connectivity index (χ3v) is 3.68. The Morgan fingerprint density at radius 3 is 2.68 bits per heavy atom. The van der Waals surface area contributed by atoms with Gasteiger partial charge in [0, 0.05) is 33.2 Å². The van der Waals surface area contributed by atoms with Crippen LogP contribution in [0.25, 0.3) is 0 Å². The summed E-state index contributed by atoms with van der Waals surface area (Å²) in [6.45, 7) is 7.52. The first-order valence-corrected chi connectivity index (χ1v) is 7.05. The average Bonchev–Trinajstić information content (AvgIpc) is 2.47. The van der Waals surface area contributed by atoms with Crippen LogP contribution in [0.2, 0.25) is 0 Å². The van der Waals surface area contributed by atoms with E-state index in [2.05, 4.69) is 47.3 Å². The molecule has 1 aromatic carbocycles. The molecular formula is C15H25N3O. The molecule has 1 N–H and O–H groups in total. The van der Waals surface area contributed by atoms with Crippen molar-refractivity contribution in [2.75, 3.05) is 51.9 Å². The van der Waals surface area contributed by atoms with Crippen LogP contribution in [0.5, 0.6) is 5.75 Å². The second kappa shape index (κ2) is 6.78. The van der Waals surface area contributed by atoms with Gasteiger partial charge in [-0.3, -0.25) is 4.90 Å². The van der Waals surface area contributed by atoms with Crippen LogP contribution in [-0.2, 0) is 6.42 Å². The molecule has 1 fully saturated rings. The molecule has 0 amide bonds. The summed E-state index contributed by atoms with van der Waals surface area (Å²) in [7, 11) is 3.88. The van der Waals surface area contributed by atoms with E-state index < -0.39 is 0 Å². The number of anilines is 1. The van der Waals surface area contributed by atoms with Gasteiger partial charge in [-0.2, -0.15) is 0 Å². The quantitative estimate of drug-likeness (QED) is 0.872. The molecule has 0 aliphatic carbocycles. The molecule has 0 radical (unpaired) electrons. The lowest BCUT2D eigenvalue weighted by atomic mass is 10.1. The summed E-state index contributed by atoms with van der Waals surface area (Å²) in [5.74, 6) is 0.954. The van der Waals surface area contributed by atoms with Crippen LogP contribution in [0.1, 0.15) is 12.5 Å². The lowest BCUT2D eigenvalue weighted by Crippen LogP contribution is -2.47. The predicted molar refractivity (Wildman–Crippen MR) is 80.1 cm³/mol. The highest BCUT2D eigenvalue weighted by Crippen LogP contribution is 2.28. The number of hydrogen-bond acceptors (Lipinski definition) is 4. The summed E-state index contributed by atoms with van der Waals surface area (Å²) in [6, 6.07) is 6.45. The fourth-order valence-electron chi connectivity index (χ4n) is 2.48. The molecule has 1 heterocycles. The molecule has 4 heteroatoms. The van der Waals surface area contributed by atoms with E-state index in [-0.39, 0.29) is 0 Å². The van der Waals surface area contributed by atoms with Gasteiger partial charge in [-0.05, 0) is 24.1 Å². The monoisotopic (exact) mass is 263 g/mol. The molecule has 106 valence electrons.